The van der Waals surface area contributed by atoms with E-state index >= 15 is 0 Å². The SMILES string of the molecule is O=C(c1cc(I)c(OCc2ccccc2)c2ncccc12)N1CCCCC1. The summed E-state index contributed by atoms with van der Waals surface area (Å²) in [6.45, 7) is 2.15. The first-order valence-corrected chi connectivity index (χ1v) is 10.3. The van der Waals surface area contributed by atoms with Gasteiger partial charge in [0.25, 0.3) is 5.91 Å². The molecule has 5 heteroatoms. The van der Waals surface area contributed by atoms with E-state index in [0.717, 1.165) is 57.3 Å². The van der Waals surface area contributed by atoms with Crippen LogP contribution in [0.3, 0.4) is 0 Å². The lowest BCUT2D eigenvalue weighted by atomic mass is 10.0. The van der Waals surface area contributed by atoms with Gasteiger partial charge in [-0.1, -0.05) is 36.4 Å². The van der Waals surface area contributed by atoms with Crippen LogP contribution in [0.2, 0.25) is 0 Å². The summed E-state index contributed by atoms with van der Waals surface area (Å²) in [6, 6.07) is 15.9. The van der Waals surface area contributed by atoms with Crippen molar-refractivity contribution in [3.8, 4) is 5.75 Å². The summed E-state index contributed by atoms with van der Waals surface area (Å²) in [5.74, 6) is 0.838. The summed E-state index contributed by atoms with van der Waals surface area (Å²) in [5, 5.41) is 0.858. The maximum Gasteiger partial charge on any atom is 0.254 e. The lowest BCUT2D eigenvalue weighted by molar-refractivity contribution is 0.0726. The van der Waals surface area contributed by atoms with Crippen molar-refractivity contribution in [1.29, 1.82) is 0 Å². The number of rotatable bonds is 4. The number of amides is 1. The normalized spacial score (nSPS) is 14.3. The first-order valence-electron chi connectivity index (χ1n) is 9.27. The van der Waals surface area contributed by atoms with E-state index in [9.17, 15) is 4.79 Å². The maximum atomic E-state index is 13.1. The lowest BCUT2D eigenvalue weighted by Gasteiger charge is -2.27. The Hall–Kier alpha value is -2.15. The summed E-state index contributed by atoms with van der Waals surface area (Å²) in [7, 11) is 0. The van der Waals surface area contributed by atoms with Crippen molar-refractivity contribution >= 4 is 39.4 Å². The highest BCUT2D eigenvalue weighted by atomic mass is 127. The van der Waals surface area contributed by atoms with Crippen molar-refractivity contribution in [1.82, 2.24) is 9.88 Å². The fourth-order valence-corrected chi connectivity index (χ4v) is 4.22. The van der Waals surface area contributed by atoms with Gasteiger partial charge in [-0.25, -0.2) is 0 Å². The molecule has 4 rings (SSSR count). The number of benzene rings is 2. The van der Waals surface area contributed by atoms with Crippen molar-refractivity contribution in [3.63, 3.8) is 0 Å². The van der Waals surface area contributed by atoms with E-state index in [-0.39, 0.29) is 5.91 Å². The molecular formula is C22H21IN2O2. The summed E-state index contributed by atoms with van der Waals surface area (Å²) < 4.78 is 7.03. The number of carbonyl (C=O) groups is 1. The minimum atomic E-state index is 0.0974. The average Bonchev–Trinajstić information content (AvgIpc) is 2.73. The fraction of sp³-hybridized carbons (Fsp3) is 0.273. The third kappa shape index (κ3) is 3.93. The van der Waals surface area contributed by atoms with Gasteiger partial charge < -0.3 is 9.64 Å². The molecule has 4 nitrogen and oxygen atoms in total. The minimum Gasteiger partial charge on any atom is -0.485 e. The van der Waals surface area contributed by atoms with Crippen LogP contribution in [0.4, 0.5) is 0 Å². The number of hydrogen-bond donors (Lipinski definition) is 0. The quantitative estimate of drug-likeness (QED) is 0.500. The molecule has 0 spiro atoms. The second-order valence-corrected chi connectivity index (χ2v) is 7.92. The van der Waals surface area contributed by atoms with Gasteiger partial charge in [0.15, 0.2) is 5.75 Å². The van der Waals surface area contributed by atoms with Crippen LogP contribution in [0.15, 0.2) is 54.7 Å². The smallest absolute Gasteiger partial charge is 0.254 e. The zero-order chi connectivity index (χ0) is 18.6. The summed E-state index contributed by atoms with van der Waals surface area (Å²) in [5.41, 5.74) is 2.57. The molecule has 2 heterocycles. The number of halogens is 1. The maximum absolute atomic E-state index is 13.1. The van der Waals surface area contributed by atoms with E-state index in [4.69, 9.17) is 4.74 Å². The van der Waals surface area contributed by atoms with Crippen molar-refractivity contribution in [2.45, 2.75) is 25.9 Å². The van der Waals surface area contributed by atoms with Gasteiger partial charge >= 0.3 is 0 Å². The summed E-state index contributed by atoms with van der Waals surface area (Å²) in [4.78, 5) is 19.6. The molecule has 1 fully saturated rings. The molecule has 1 aromatic heterocycles. The van der Waals surface area contributed by atoms with Crippen molar-refractivity contribution in [2.75, 3.05) is 13.1 Å². The molecule has 2 aromatic carbocycles. The van der Waals surface area contributed by atoms with E-state index in [1.165, 1.54) is 6.42 Å². The van der Waals surface area contributed by atoms with Crippen LogP contribution in [0.25, 0.3) is 10.9 Å². The van der Waals surface area contributed by atoms with E-state index in [1.807, 2.05) is 53.4 Å². The average molecular weight is 472 g/mol. The number of hydrogen-bond acceptors (Lipinski definition) is 3. The second kappa shape index (κ2) is 8.25. The van der Waals surface area contributed by atoms with Gasteiger partial charge in [-0.05, 0) is 59.5 Å². The Morgan fingerprint density at radius 1 is 1.07 bits per heavy atom. The third-order valence-electron chi connectivity index (χ3n) is 4.90. The molecule has 0 N–H and O–H groups in total. The van der Waals surface area contributed by atoms with Crippen LogP contribution < -0.4 is 4.74 Å². The Balaban J connectivity index is 1.70. The minimum absolute atomic E-state index is 0.0974. The first-order chi connectivity index (χ1) is 13.2. The van der Waals surface area contributed by atoms with Gasteiger partial charge in [-0.15, -0.1) is 0 Å². The van der Waals surface area contributed by atoms with Crippen molar-refractivity contribution in [3.05, 3.63) is 69.4 Å². The van der Waals surface area contributed by atoms with E-state index in [2.05, 4.69) is 27.6 Å². The van der Waals surface area contributed by atoms with Gasteiger partial charge in [-0.3, -0.25) is 9.78 Å². The Morgan fingerprint density at radius 2 is 1.85 bits per heavy atom. The van der Waals surface area contributed by atoms with Crippen LogP contribution in [0.5, 0.6) is 5.75 Å². The van der Waals surface area contributed by atoms with E-state index < -0.39 is 0 Å². The van der Waals surface area contributed by atoms with Gasteiger partial charge in [0.2, 0.25) is 0 Å². The fourth-order valence-electron chi connectivity index (χ4n) is 3.50. The highest BCUT2D eigenvalue weighted by Crippen LogP contribution is 2.33. The van der Waals surface area contributed by atoms with Crippen LogP contribution in [-0.2, 0) is 6.61 Å². The Morgan fingerprint density at radius 3 is 2.63 bits per heavy atom. The van der Waals surface area contributed by atoms with Crippen LogP contribution in [0.1, 0.15) is 35.2 Å². The first kappa shape index (κ1) is 18.2. The van der Waals surface area contributed by atoms with Crippen LogP contribution in [-0.4, -0.2) is 28.9 Å². The second-order valence-electron chi connectivity index (χ2n) is 6.76. The lowest BCUT2D eigenvalue weighted by Crippen LogP contribution is -2.35. The molecule has 27 heavy (non-hydrogen) atoms. The molecule has 0 atom stereocenters. The predicted molar refractivity (Wildman–Crippen MR) is 115 cm³/mol. The molecule has 0 bridgehead atoms. The number of fused-ring (bicyclic) bond motifs is 1. The molecule has 1 amide bonds. The topological polar surface area (TPSA) is 42.4 Å². The number of piperidine rings is 1. The molecule has 1 aliphatic rings. The van der Waals surface area contributed by atoms with Crippen molar-refractivity contribution in [2.24, 2.45) is 0 Å². The Bertz CT molecular complexity index is 953. The molecular weight excluding hydrogens is 451 g/mol. The van der Waals surface area contributed by atoms with Gasteiger partial charge in [0.05, 0.1) is 9.13 Å². The monoisotopic (exact) mass is 472 g/mol. The predicted octanol–water partition coefficient (Wildman–Crippen LogP) is 5.04. The molecule has 1 aliphatic heterocycles. The highest BCUT2D eigenvalue weighted by molar-refractivity contribution is 14.1. The molecule has 0 unspecified atom stereocenters. The van der Waals surface area contributed by atoms with Crippen LogP contribution in [0, 0.1) is 3.57 Å². The summed E-state index contributed by atoms with van der Waals surface area (Å²) in [6.07, 6.45) is 5.12. The van der Waals surface area contributed by atoms with Gasteiger partial charge in [0.1, 0.15) is 12.1 Å². The number of likely N-dealkylation sites (tertiary alicyclic amines) is 1. The number of pyridine rings is 1. The number of ether oxygens (including phenoxy) is 1. The van der Waals surface area contributed by atoms with E-state index in [0.29, 0.717) is 6.61 Å². The molecule has 0 radical (unpaired) electrons. The van der Waals surface area contributed by atoms with Crippen LogP contribution >= 0.6 is 22.6 Å². The molecule has 1 saturated heterocycles. The molecule has 138 valence electrons. The third-order valence-corrected chi connectivity index (χ3v) is 5.70. The highest BCUT2D eigenvalue weighted by Gasteiger charge is 2.23. The largest absolute Gasteiger partial charge is 0.485 e. The zero-order valence-electron chi connectivity index (χ0n) is 15.0. The van der Waals surface area contributed by atoms with E-state index in [1.54, 1.807) is 6.20 Å². The molecule has 0 aliphatic carbocycles. The number of nitrogens with zero attached hydrogens (tertiary/aromatic N) is 2. The standard InChI is InChI=1S/C22H21IN2O2/c23-19-14-18(22(26)25-12-5-2-6-13-25)17-10-7-11-24-20(17)21(19)27-15-16-8-3-1-4-9-16/h1,3-4,7-11,14H,2,5-6,12-13,15H2. The summed E-state index contributed by atoms with van der Waals surface area (Å²) >= 11 is 2.25. The number of carbonyl (C=O) groups excluding carboxylic acids is 1. The van der Waals surface area contributed by atoms with Gasteiger partial charge in [0, 0.05) is 24.7 Å². The molecule has 0 saturated carbocycles. The van der Waals surface area contributed by atoms with Gasteiger partial charge in [-0.2, -0.15) is 0 Å². The molecule has 3 aromatic rings. The Labute approximate surface area is 172 Å². The van der Waals surface area contributed by atoms with Crippen molar-refractivity contribution < 1.29 is 9.53 Å². The number of aromatic nitrogens is 1. The Kier molecular flexibility index (Phi) is 5.57. The zero-order valence-corrected chi connectivity index (χ0v) is 17.2.